The second-order valence-electron chi connectivity index (χ2n) is 5.03. The lowest BCUT2D eigenvalue weighted by atomic mass is 10.2. The van der Waals surface area contributed by atoms with Crippen LogP contribution < -0.4 is 4.72 Å². The van der Waals surface area contributed by atoms with Gasteiger partial charge in [0.05, 0.1) is 0 Å². The third-order valence-corrected chi connectivity index (χ3v) is 5.75. The highest BCUT2D eigenvalue weighted by molar-refractivity contribution is 7.89. The maximum atomic E-state index is 12.3. The van der Waals surface area contributed by atoms with Crippen LogP contribution in [0.3, 0.4) is 0 Å². The summed E-state index contributed by atoms with van der Waals surface area (Å²) in [6.45, 7) is 5.10. The van der Waals surface area contributed by atoms with Gasteiger partial charge in [-0.2, -0.15) is 0 Å². The van der Waals surface area contributed by atoms with Crippen LogP contribution in [0.25, 0.3) is 0 Å². The van der Waals surface area contributed by atoms with Crippen LogP contribution in [0.5, 0.6) is 0 Å². The summed E-state index contributed by atoms with van der Waals surface area (Å²) in [6, 6.07) is 5.17. The van der Waals surface area contributed by atoms with E-state index in [0.29, 0.717) is 6.42 Å². The molecule has 0 aliphatic rings. The summed E-state index contributed by atoms with van der Waals surface area (Å²) in [7, 11) is -3.64. The van der Waals surface area contributed by atoms with E-state index in [-0.39, 0.29) is 29.1 Å². The third kappa shape index (κ3) is 3.94. The molecule has 1 atom stereocenters. The van der Waals surface area contributed by atoms with Gasteiger partial charge in [0.15, 0.2) is 0 Å². The molecule has 2 N–H and O–H groups in total. The van der Waals surface area contributed by atoms with Crippen molar-refractivity contribution in [2.45, 2.75) is 44.7 Å². The number of hydrogen-bond acceptors (Lipinski definition) is 5. The van der Waals surface area contributed by atoms with E-state index in [4.69, 9.17) is 9.52 Å². The van der Waals surface area contributed by atoms with Crippen molar-refractivity contribution in [2.75, 3.05) is 0 Å². The monoisotopic (exact) mass is 329 g/mol. The molecule has 2 aromatic heterocycles. The largest absolute Gasteiger partial charge is 0.462 e. The Bertz CT molecular complexity index is 715. The van der Waals surface area contributed by atoms with Crippen LogP contribution in [0.1, 0.15) is 28.2 Å². The summed E-state index contributed by atoms with van der Waals surface area (Å²) in [5.74, 6) is 0.528. The van der Waals surface area contributed by atoms with Gasteiger partial charge in [0.2, 0.25) is 10.0 Å². The molecule has 0 amide bonds. The van der Waals surface area contributed by atoms with Crippen molar-refractivity contribution < 1.29 is 17.9 Å². The van der Waals surface area contributed by atoms with Crippen LogP contribution >= 0.6 is 11.3 Å². The summed E-state index contributed by atoms with van der Waals surface area (Å²) < 4.78 is 32.5. The minimum atomic E-state index is -3.64. The van der Waals surface area contributed by atoms with Gasteiger partial charge in [-0.25, -0.2) is 13.1 Å². The number of aliphatic hydroxyl groups excluding tert-OH is 1. The summed E-state index contributed by atoms with van der Waals surface area (Å²) in [6.07, 6.45) is 0.640. The Morgan fingerprint density at radius 1 is 1.38 bits per heavy atom. The lowest BCUT2D eigenvalue weighted by Crippen LogP contribution is -2.34. The SMILES string of the molecule is Cc1ccc(CC(C)NS(=O)(=O)c2cc(CO)oc2C)s1. The highest BCUT2D eigenvalue weighted by Gasteiger charge is 2.23. The lowest BCUT2D eigenvalue weighted by Gasteiger charge is -2.12. The zero-order chi connectivity index (χ0) is 15.6. The first kappa shape index (κ1) is 16.2. The molecule has 0 saturated heterocycles. The molecule has 2 heterocycles. The molecular weight excluding hydrogens is 310 g/mol. The molecule has 5 nitrogen and oxygen atoms in total. The molecule has 7 heteroatoms. The topological polar surface area (TPSA) is 79.5 Å². The Hall–Kier alpha value is -1.15. The van der Waals surface area contributed by atoms with Crippen LogP contribution in [0, 0.1) is 13.8 Å². The number of furan rings is 1. The molecule has 0 radical (unpaired) electrons. The summed E-state index contributed by atoms with van der Waals surface area (Å²) >= 11 is 1.66. The highest BCUT2D eigenvalue weighted by Crippen LogP contribution is 2.21. The van der Waals surface area contributed by atoms with Gasteiger partial charge in [-0.15, -0.1) is 11.3 Å². The molecule has 0 aliphatic carbocycles. The number of nitrogens with one attached hydrogen (secondary N) is 1. The number of aryl methyl sites for hydroxylation is 2. The van der Waals surface area contributed by atoms with Crippen molar-refractivity contribution in [3.8, 4) is 0 Å². The van der Waals surface area contributed by atoms with Gasteiger partial charge in [-0.1, -0.05) is 0 Å². The van der Waals surface area contributed by atoms with Crippen molar-refractivity contribution in [2.24, 2.45) is 0 Å². The maximum absolute atomic E-state index is 12.3. The normalized spacial score (nSPS) is 13.5. The Labute approximate surface area is 128 Å². The lowest BCUT2D eigenvalue weighted by molar-refractivity contribution is 0.244. The van der Waals surface area contributed by atoms with E-state index in [1.165, 1.54) is 10.9 Å². The van der Waals surface area contributed by atoms with E-state index >= 15 is 0 Å². The minimum absolute atomic E-state index is 0.0840. The van der Waals surface area contributed by atoms with E-state index in [1.807, 2.05) is 26.0 Å². The zero-order valence-corrected chi connectivity index (χ0v) is 13.8. The van der Waals surface area contributed by atoms with Gasteiger partial charge < -0.3 is 9.52 Å². The van der Waals surface area contributed by atoms with E-state index in [1.54, 1.807) is 18.3 Å². The van der Waals surface area contributed by atoms with Gasteiger partial charge in [-0.05, 0) is 39.3 Å². The van der Waals surface area contributed by atoms with Crippen LogP contribution in [0.2, 0.25) is 0 Å². The first-order chi connectivity index (χ1) is 9.81. The number of rotatable bonds is 6. The summed E-state index contributed by atoms with van der Waals surface area (Å²) in [5, 5.41) is 9.01. The van der Waals surface area contributed by atoms with Gasteiger partial charge in [0.25, 0.3) is 0 Å². The molecule has 0 spiro atoms. The standard InChI is InChI=1S/C14H19NO4S2/c1-9(6-13-5-4-10(2)20-13)15-21(17,18)14-7-12(8-16)19-11(14)3/h4-5,7,9,15-16H,6,8H2,1-3H3. The van der Waals surface area contributed by atoms with Crippen molar-refractivity contribution in [3.05, 3.63) is 39.5 Å². The Kier molecular flexibility index (Phi) is 4.88. The molecule has 21 heavy (non-hydrogen) atoms. The zero-order valence-electron chi connectivity index (χ0n) is 12.2. The molecule has 0 saturated carbocycles. The first-order valence-electron chi connectivity index (χ1n) is 6.59. The fraction of sp³-hybridized carbons (Fsp3) is 0.429. The Morgan fingerprint density at radius 2 is 2.10 bits per heavy atom. The second kappa shape index (κ2) is 6.31. The fourth-order valence-corrected chi connectivity index (χ4v) is 4.60. The van der Waals surface area contributed by atoms with Gasteiger partial charge in [0, 0.05) is 21.9 Å². The van der Waals surface area contributed by atoms with Crippen molar-refractivity contribution in [3.63, 3.8) is 0 Å². The average molecular weight is 329 g/mol. The van der Waals surface area contributed by atoms with E-state index in [9.17, 15) is 8.42 Å². The van der Waals surface area contributed by atoms with E-state index < -0.39 is 10.0 Å². The molecule has 0 bridgehead atoms. The minimum Gasteiger partial charge on any atom is -0.462 e. The number of sulfonamides is 1. The molecule has 0 fully saturated rings. The maximum Gasteiger partial charge on any atom is 0.244 e. The smallest absolute Gasteiger partial charge is 0.244 e. The average Bonchev–Trinajstić information content (AvgIpc) is 2.95. The van der Waals surface area contributed by atoms with Gasteiger partial charge in [-0.3, -0.25) is 0 Å². The van der Waals surface area contributed by atoms with E-state index in [0.717, 1.165) is 4.88 Å². The highest BCUT2D eigenvalue weighted by atomic mass is 32.2. The van der Waals surface area contributed by atoms with Crippen molar-refractivity contribution >= 4 is 21.4 Å². The van der Waals surface area contributed by atoms with Crippen LogP contribution in [0.15, 0.2) is 27.5 Å². The number of aliphatic hydroxyl groups is 1. The predicted molar refractivity (Wildman–Crippen MR) is 81.9 cm³/mol. The summed E-state index contributed by atoms with van der Waals surface area (Å²) in [4.78, 5) is 2.43. The molecule has 116 valence electrons. The van der Waals surface area contributed by atoms with Gasteiger partial charge in [0.1, 0.15) is 23.0 Å². The molecule has 0 aromatic carbocycles. The number of thiophene rings is 1. The van der Waals surface area contributed by atoms with E-state index in [2.05, 4.69) is 4.72 Å². The molecule has 2 rings (SSSR count). The Morgan fingerprint density at radius 3 is 2.62 bits per heavy atom. The van der Waals surface area contributed by atoms with Crippen molar-refractivity contribution in [1.82, 2.24) is 4.72 Å². The Balaban J connectivity index is 2.11. The van der Waals surface area contributed by atoms with Crippen LogP contribution in [0.4, 0.5) is 0 Å². The molecule has 1 unspecified atom stereocenters. The molecular formula is C14H19NO4S2. The molecule has 2 aromatic rings. The first-order valence-corrected chi connectivity index (χ1v) is 8.89. The summed E-state index contributed by atoms with van der Waals surface area (Å²) in [5.41, 5.74) is 0. The van der Waals surface area contributed by atoms with Crippen LogP contribution in [-0.4, -0.2) is 19.6 Å². The second-order valence-corrected chi connectivity index (χ2v) is 8.08. The predicted octanol–water partition coefficient (Wildman–Crippen LogP) is 2.36. The van der Waals surface area contributed by atoms with Crippen molar-refractivity contribution in [1.29, 1.82) is 0 Å². The molecule has 0 aliphatic heterocycles. The quantitative estimate of drug-likeness (QED) is 0.852. The fourth-order valence-electron chi connectivity index (χ4n) is 2.14. The number of hydrogen-bond donors (Lipinski definition) is 2. The van der Waals surface area contributed by atoms with Crippen LogP contribution in [-0.2, 0) is 23.1 Å². The van der Waals surface area contributed by atoms with Gasteiger partial charge >= 0.3 is 0 Å². The third-order valence-electron chi connectivity index (χ3n) is 3.03.